The molecule has 0 bridgehead atoms. The summed E-state index contributed by atoms with van der Waals surface area (Å²) in [6.07, 6.45) is 0. The largest absolute Gasteiger partial charge is 0.465 e. The van der Waals surface area contributed by atoms with Crippen molar-refractivity contribution in [2.45, 2.75) is 13.8 Å². The number of carbonyl (C=O) groups is 2. The molecule has 0 spiro atoms. The van der Waals surface area contributed by atoms with E-state index in [0.29, 0.717) is 0 Å². The molecule has 1 aromatic rings. The molecular weight excluding hydrogens is 352 g/mol. The molecule has 1 rings (SSSR count). The Balaban J connectivity index is 3.15. The molecule has 142 valence electrons. The summed E-state index contributed by atoms with van der Waals surface area (Å²) in [7, 11) is 0. The van der Waals surface area contributed by atoms with Crippen LogP contribution in [0.5, 0.6) is 0 Å². The number of hydrogen-bond acceptors (Lipinski definition) is 10. The molecule has 0 atom stereocenters. The Kier molecular flexibility index (Phi) is 7.73. The van der Waals surface area contributed by atoms with Crippen molar-refractivity contribution in [2.24, 2.45) is 0 Å². The summed E-state index contributed by atoms with van der Waals surface area (Å²) in [4.78, 5) is 43.5. The van der Waals surface area contributed by atoms with E-state index in [0.717, 1.165) is 12.1 Å². The first-order valence-corrected chi connectivity index (χ1v) is 7.55. The lowest BCUT2D eigenvalue weighted by Crippen LogP contribution is -2.19. The average molecular weight is 370 g/mol. The second kappa shape index (κ2) is 9.76. The first kappa shape index (κ1) is 20.6. The third kappa shape index (κ3) is 5.89. The van der Waals surface area contributed by atoms with Crippen LogP contribution in [0, 0.1) is 20.2 Å². The molecule has 0 aliphatic heterocycles. The zero-order chi connectivity index (χ0) is 19.7. The number of ether oxygens (including phenoxy) is 2. The standard InChI is InChI=1S/C14H18N4O8/c1-3-25-13(19)7-15-9-5-10(16-8-14(20)26-4-2)12(18(23)24)6-11(9)17(21)22/h5-6,15-16H,3-4,7-8H2,1-2H3. The van der Waals surface area contributed by atoms with E-state index in [1.807, 2.05) is 0 Å². The zero-order valence-corrected chi connectivity index (χ0v) is 14.1. The predicted molar refractivity (Wildman–Crippen MR) is 90.0 cm³/mol. The number of hydrogen-bond donors (Lipinski definition) is 2. The van der Waals surface area contributed by atoms with Crippen molar-refractivity contribution in [2.75, 3.05) is 36.9 Å². The Morgan fingerprint density at radius 3 is 1.58 bits per heavy atom. The lowest BCUT2D eigenvalue weighted by Gasteiger charge is -2.11. The minimum atomic E-state index is -0.824. The first-order valence-electron chi connectivity index (χ1n) is 7.55. The maximum absolute atomic E-state index is 11.4. The summed E-state index contributed by atoms with van der Waals surface area (Å²) in [6.45, 7) is 2.73. The van der Waals surface area contributed by atoms with E-state index in [-0.39, 0.29) is 37.7 Å². The van der Waals surface area contributed by atoms with Gasteiger partial charge < -0.3 is 20.1 Å². The zero-order valence-electron chi connectivity index (χ0n) is 14.1. The summed E-state index contributed by atoms with van der Waals surface area (Å²) in [6, 6.07) is 1.82. The molecule has 0 saturated heterocycles. The maximum Gasteiger partial charge on any atom is 0.325 e. The fourth-order valence-corrected chi connectivity index (χ4v) is 1.92. The number of carbonyl (C=O) groups excluding carboxylic acids is 2. The summed E-state index contributed by atoms with van der Waals surface area (Å²) >= 11 is 0. The van der Waals surface area contributed by atoms with Gasteiger partial charge in [0.15, 0.2) is 0 Å². The van der Waals surface area contributed by atoms with Crippen molar-refractivity contribution in [3.63, 3.8) is 0 Å². The van der Waals surface area contributed by atoms with E-state index in [2.05, 4.69) is 10.6 Å². The van der Waals surface area contributed by atoms with Gasteiger partial charge in [0.05, 0.1) is 29.1 Å². The van der Waals surface area contributed by atoms with Crippen molar-refractivity contribution in [3.8, 4) is 0 Å². The van der Waals surface area contributed by atoms with Crippen molar-refractivity contribution >= 4 is 34.7 Å². The lowest BCUT2D eigenvalue weighted by atomic mass is 10.2. The summed E-state index contributed by atoms with van der Waals surface area (Å²) in [5, 5.41) is 27.3. The van der Waals surface area contributed by atoms with Crippen LogP contribution in [0.4, 0.5) is 22.7 Å². The van der Waals surface area contributed by atoms with E-state index < -0.39 is 33.2 Å². The lowest BCUT2D eigenvalue weighted by molar-refractivity contribution is -0.393. The number of nitrogens with one attached hydrogen (secondary N) is 2. The van der Waals surface area contributed by atoms with Gasteiger partial charge in [-0.1, -0.05) is 0 Å². The number of nitrogens with zero attached hydrogens (tertiary/aromatic N) is 2. The molecule has 0 aromatic heterocycles. The van der Waals surface area contributed by atoms with Crippen LogP contribution in [0.3, 0.4) is 0 Å². The van der Waals surface area contributed by atoms with Gasteiger partial charge in [-0.2, -0.15) is 0 Å². The van der Waals surface area contributed by atoms with Crippen LogP contribution in [-0.2, 0) is 19.1 Å². The average Bonchev–Trinajstić information content (AvgIpc) is 2.57. The molecule has 0 amide bonds. The fourth-order valence-electron chi connectivity index (χ4n) is 1.92. The number of anilines is 2. The van der Waals surface area contributed by atoms with Crippen LogP contribution in [0.25, 0.3) is 0 Å². The molecule has 26 heavy (non-hydrogen) atoms. The molecule has 0 aliphatic carbocycles. The highest BCUT2D eigenvalue weighted by Crippen LogP contribution is 2.35. The van der Waals surface area contributed by atoms with Crippen LogP contribution in [-0.4, -0.2) is 48.1 Å². The van der Waals surface area contributed by atoms with E-state index >= 15 is 0 Å². The monoisotopic (exact) mass is 370 g/mol. The van der Waals surface area contributed by atoms with Crippen molar-refractivity contribution < 1.29 is 28.9 Å². The second-order valence-corrected chi connectivity index (χ2v) is 4.72. The molecule has 1 aromatic carbocycles. The van der Waals surface area contributed by atoms with E-state index in [1.54, 1.807) is 13.8 Å². The van der Waals surface area contributed by atoms with E-state index in [4.69, 9.17) is 9.47 Å². The number of benzene rings is 1. The third-order valence-electron chi connectivity index (χ3n) is 2.96. The molecule has 0 fully saturated rings. The highest BCUT2D eigenvalue weighted by Gasteiger charge is 2.25. The van der Waals surface area contributed by atoms with Crippen molar-refractivity contribution in [1.29, 1.82) is 0 Å². The third-order valence-corrected chi connectivity index (χ3v) is 2.96. The van der Waals surface area contributed by atoms with Gasteiger partial charge in [0.25, 0.3) is 11.4 Å². The van der Waals surface area contributed by atoms with Gasteiger partial charge >= 0.3 is 11.9 Å². The van der Waals surface area contributed by atoms with Gasteiger partial charge in [0.2, 0.25) is 0 Å². The smallest absolute Gasteiger partial charge is 0.325 e. The highest BCUT2D eigenvalue weighted by atomic mass is 16.6. The molecule has 0 radical (unpaired) electrons. The van der Waals surface area contributed by atoms with Gasteiger partial charge in [0.1, 0.15) is 24.5 Å². The Morgan fingerprint density at radius 1 is 0.885 bits per heavy atom. The van der Waals surface area contributed by atoms with Gasteiger partial charge in [-0.15, -0.1) is 0 Å². The number of rotatable bonds is 10. The molecule has 0 aliphatic rings. The van der Waals surface area contributed by atoms with Crippen LogP contribution < -0.4 is 10.6 Å². The van der Waals surface area contributed by atoms with Crippen LogP contribution in [0.2, 0.25) is 0 Å². The number of nitro benzene ring substituents is 2. The normalized spacial score (nSPS) is 9.92. The van der Waals surface area contributed by atoms with Crippen LogP contribution >= 0.6 is 0 Å². The number of esters is 2. The fraction of sp³-hybridized carbons (Fsp3) is 0.429. The Morgan fingerprint density at radius 2 is 1.27 bits per heavy atom. The van der Waals surface area contributed by atoms with E-state index in [1.165, 1.54) is 0 Å². The quantitative estimate of drug-likeness (QED) is 0.350. The van der Waals surface area contributed by atoms with Crippen LogP contribution in [0.15, 0.2) is 12.1 Å². The Hall–Kier alpha value is -3.44. The van der Waals surface area contributed by atoms with E-state index in [9.17, 15) is 29.8 Å². The molecule has 2 N–H and O–H groups in total. The Bertz CT molecular complexity index is 651. The minimum Gasteiger partial charge on any atom is -0.465 e. The van der Waals surface area contributed by atoms with Gasteiger partial charge in [0, 0.05) is 0 Å². The van der Waals surface area contributed by atoms with Gasteiger partial charge in [-0.05, 0) is 19.9 Å². The van der Waals surface area contributed by atoms with Gasteiger partial charge in [-0.3, -0.25) is 29.8 Å². The summed E-state index contributed by atoms with van der Waals surface area (Å²) < 4.78 is 9.41. The summed E-state index contributed by atoms with van der Waals surface area (Å²) in [5.41, 5.74) is -1.47. The van der Waals surface area contributed by atoms with Crippen molar-refractivity contribution in [3.05, 3.63) is 32.4 Å². The maximum atomic E-state index is 11.4. The minimum absolute atomic E-state index is 0.134. The first-order chi connectivity index (χ1) is 12.3. The molecule has 0 heterocycles. The molecule has 0 unspecified atom stereocenters. The molecule has 0 saturated carbocycles. The highest BCUT2D eigenvalue weighted by molar-refractivity contribution is 5.83. The SMILES string of the molecule is CCOC(=O)CNc1cc(NCC(=O)OCC)c([N+](=O)[O-])cc1[N+](=O)[O-]. The molecular formula is C14H18N4O8. The predicted octanol–water partition coefficient (Wildman–Crippen LogP) is 1.45. The second-order valence-electron chi connectivity index (χ2n) is 4.72. The topological polar surface area (TPSA) is 163 Å². The van der Waals surface area contributed by atoms with Gasteiger partial charge in [-0.25, -0.2) is 0 Å². The molecule has 12 heteroatoms. The number of nitro groups is 2. The summed E-state index contributed by atoms with van der Waals surface area (Å²) in [5.74, 6) is -1.30. The van der Waals surface area contributed by atoms with Crippen LogP contribution in [0.1, 0.15) is 13.8 Å². The molecule has 12 nitrogen and oxygen atoms in total. The Labute approximate surface area is 147 Å². The van der Waals surface area contributed by atoms with Crippen molar-refractivity contribution in [1.82, 2.24) is 0 Å².